The molecule has 0 unspecified atom stereocenters. The Hall–Kier alpha value is -4.53. The number of nitrogen functional groups attached to an aromatic ring is 1. The number of aromatic nitrogens is 3. The van der Waals surface area contributed by atoms with E-state index in [1.54, 1.807) is 6.07 Å². The lowest BCUT2D eigenvalue weighted by Gasteiger charge is -2.25. The predicted octanol–water partition coefficient (Wildman–Crippen LogP) is 5.21. The van der Waals surface area contributed by atoms with Gasteiger partial charge in [-0.05, 0) is 67.0 Å². The van der Waals surface area contributed by atoms with Crippen molar-refractivity contribution in [2.24, 2.45) is 13.0 Å². The van der Waals surface area contributed by atoms with Crippen LogP contribution in [0, 0.1) is 11.7 Å². The molecule has 39 heavy (non-hydrogen) atoms. The lowest BCUT2D eigenvalue weighted by Crippen LogP contribution is -2.32. The molecule has 0 aliphatic heterocycles. The predicted molar refractivity (Wildman–Crippen MR) is 149 cm³/mol. The van der Waals surface area contributed by atoms with E-state index in [4.69, 9.17) is 5.73 Å². The van der Waals surface area contributed by atoms with Crippen LogP contribution in [0.2, 0.25) is 0 Å². The van der Waals surface area contributed by atoms with Crippen LogP contribution in [0.1, 0.15) is 42.5 Å². The van der Waals surface area contributed by atoms with Crippen LogP contribution in [0.4, 0.5) is 15.9 Å². The minimum atomic E-state index is -0.611. The smallest absolute Gasteiger partial charge is 0.254 e. The Bertz CT molecular complexity index is 1640. The number of allylic oxidation sites excluding steroid dienone is 1. The highest BCUT2D eigenvalue weighted by Crippen LogP contribution is 2.42. The van der Waals surface area contributed by atoms with Crippen LogP contribution in [-0.4, -0.2) is 32.9 Å². The summed E-state index contributed by atoms with van der Waals surface area (Å²) < 4.78 is 17.2. The van der Waals surface area contributed by atoms with Crippen LogP contribution < -0.4 is 16.4 Å². The minimum absolute atomic E-state index is 0.00533. The highest BCUT2D eigenvalue weighted by atomic mass is 19.1. The maximum atomic E-state index is 15.3. The molecule has 9 heteroatoms. The summed E-state index contributed by atoms with van der Waals surface area (Å²) in [5.74, 6) is -0.359. The maximum absolute atomic E-state index is 15.3. The van der Waals surface area contributed by atoms with Crippen molar-refractivity contribution in [3.63, 3.8) is 0 Å². The van der Waals surface area contributed by atoms with E-state index < -0.39 is 11.7 Å². The first-order valence-corrected chi connectivity index (χ1v) is 13.2. The van der Waals surface area contributed by atoms with Crippen molar-refractivity contribution in [3.8, 4) is 22.4 Å². The Morgan fingerprint density at radius 2 is 1.82 bits per heavy atom. The SMILES string of the molecule is Cn1c(-c2ccc(NC(=O)C3=CCC3)cc2)c(-c2ccc(C(=O)NCC3CCC3)c(F)c2)c2c(N)ncnc21. The van der Waals surface area contributed by atoms with Gasteiger partial charge in [0.05, 0.1) is 16.6 Å². The first-order valence-electron chi connectivity index (χ1n) is 13.2. The highest BCUT2D eigenvalue weighted by molar-refractivity contribution is 6.08. The van der Waals surface area contributed by atoms with Gasteiger partial charge in [0.15, 0.2) is 0 Å². The fourth-order valence-corrected chi connectivity index (χ4v) is 5.20. The molecule has 198 valence electrons. The Labute approximate surface area is 225 Å². The summed E-state index contributed by atoms with van der Waals surface area (Å²) in [6.07, 6.45) is 8.43. The van der Waals surface area contributed by atoms with Crippen LogP contribution in [0.5, 0.6) is 0 Å². The van der Waals surface area contributed by atoms with Gasteiger partial charge in [-0.15, -0.1) is 0 Å². The van der Waals surface area contributed by atoms with Crippen LogP contribution in [0.15, 0.2) is 60.4 Å². The number of fused-ring (bicyclic) bond motifs is 1. The molecule has 2 amide bonds. The third-order valence-corrected chi connectivity index (χ3v) is 7.79. The number of nitrogens with zero attached hydrogens (tertiary/aromatic N) is 3. The van der Waals surface area contributed by atoms with E-state index in [0.717, 1.165) is 42.5 Å². The Kier molecular flexibility index (Phi) is 6.34. The Morgan fingerprint density at radius 3 is 2.46 bits per heavy atom. The fourth-order valence-electron chi connectivity index (χ4n) is 5.20. The van der Waals surface area contributed by atoms with Crippen molar-refractivity contribution >= 4 is 34.4 Å². The Balaban J connectivity index is 1.38. The van der Waals surface area contributed by atoms with Gasteiger partial charge in [0.25, 0.3) is 11.8 Å². The van der Waals surface area contributed by atoms with Crippen molar-refractivity contribution in [1.29, 1.82) is 0 Å². The van der Waals surface area contributed by atoms with E-state index in [-0.39, 0.29) is 17.3 Å². The second-order valence-electron chi connectivity index (χ2n) is 10.2. The lowest BCUT2D eigenvalue weighted by atomic mass is 9.85. The highest BCUT2D eigenvalue weighted by Gasteiger charge is 2.24. The number of aryl methyl sites for hydroxylation is 1. The molecule has 2 aliphatic carbocycles. The second-order valence-corrected chi connectivity index (χ2v) is 10.2. The molecule has 1 saturated carbocycles. The van der Waals surface area contributed by atoms with E-state index in [1.165, 1.54) is 24.9 Å². The number of carbonyl (C=O) groups excluding carboxylic acids is 2. The minimum Gasteiger partial charge on any atom is -0.383 e. The second kappa shape index (κ2) is 9.98. The number of anilines is 2. The Morgan fingerprint density at radius 1 is 1.08 bits per heavy atom. The molecule has 2 aromatic heterocycles. The summed E-state index contributed by atoms with van der Waals surface area (Å²) in [6.45, 7) is 0.565. The number of amides is 2. The molecule has 4 N–H and O–H groups in total. The van der Waals surface area contributed by atoms with E-state index in [1.807, 2.05) is 42.0 Å². The van der Waals surface area contributed by atoms with Crippen molar-refractivity contribution < 1.29 is 14.0 Å². The van der Waals surface area contributed by atoms with Crippen molar-refractivity contribution in [1.82, 2.24) is 19.9 Å². The van der Waals surface area contributed by atoms with E-state index in [2.05, 4.69) is 20.6 Å². The molecule has 8 nitrogen and oxygen atoms in total. The van der Waals surface area contributed by atoms with Gasteiger partial charge in [-0.3, -0.25) is 9.59 Å². The number of hydrogen-bond donors (Lipinski definition) is 3. The van der Waals surface area contributed by atoms with Crippen LogP contribution in [0.25, 0.3) is 33.4 Å². The van der Waals surface area contributed by atoms with Gasteiger partial charge < -0.3 is 20.9 Å². The van der Waals surface area contributed by atoms with Crippen LogP contribution in [0.3, 0.4) is 0 Å². The number of rotatable bonds is 7. The van der Waals surface area contributed by atoms with Gasteiger partial charge in [0.1, 0.15) is 23.6 Å². The summed E-state index contributed by atoms with van der Waals surface area (Å²) in [4.78, 5) is 33.6. The molecule has 2 aliphatic rings. The van der Waals surface area contributed by atoms with Gasteiger partial charge in [-0.2, -0.15) is 0 Å². The zero-order valence-corrected chi connectivity index (χ0v) is 21.6. The normalized spacial score (nSPS) is 14.9. The molecular weight excluding hydrogens is 495 g/mol. The van der Waals surface area contributed by atoms with Gasteiger partial charge in [-0.25, -0.2) is 14.4 Å². The molecule has 0 radical (unpaired) electrons. The molecule has 0 bridgehead atoms. The quantitative estimate of drug-likeness (QED) is 0.307. The number of benzene rings is 2. The van der Waals surface area contributed by atoms with E-state index >= 15 is 4.39 Å². The number of hydrogen-bond acceptors (Lipinski definition) is 5. The summed E-state index contributed by atoms with van der Waals surface area (Å²) in [5, 5.41) is 6.38. The molecule has 0 atom stereocenters. The summed E-state index contributed by atoms with van der Waals surface area (Å²) in [6, 6.07) is 12.1. The fraction of sp³-hybridized carbons (Fsp3) is 0.267. The van der Waals surface area contributed by atoms with Crippen LogP contribution in [-0.2, 0) is 11.8 Å². The maximum Gasteiger partial charge on any atom is 0.254 e. The number of carbonyl (C=O) groups is 2. The summed E-state index contributed by atoms with van der Waals surface area (Å²) in [7, 11) is 1.87. The summed E-state index contributed by atoms with van der Waals surface area (Å²) >= 11 is 0. The van der Waals surface area contributed by atoms with Crippen molar-refractivity contribution in [2.75, 3.05) is 17.6 Å². The lowest BCUT2D eigenvalue weighted by molar-refractivity contribution is -0.113. The standard InChI is InChI=1S/C30H29FN6O2/c1-37-26(18-8-11-21(12-9-18)36-29(38)19-6-3-7-19)24(25-27(32)34-16-35-28(25)37)20-10-13-22(23(31)14-20)30(39)33-15-17-4-2-5-17/h6,8-14,16-17H,2-5,7,15H2,1H3,(H,33,39)(H,36,38)(H2,32,34,35). The van der Waals surface area contributed by atoms with E-state index in [0.29, 0.717) is 40.3 Å². The zero-order valence-electron chi connectivity index (χ0n) is 21.6. The average molecular weight is 525 g/mol. The van der Waals surface area contributed by atoms with Crippen LogP contribution >= 0.6 is 0 Å². The van der Waals surface area contributed by atoms with Crippen molar-refractivity contribution in [3.05, 3.63) is 71.8 Å². The largest absolute Gasteiger partial charge is 0.383 e. The molecule has 1 fully saturated rings. The van der Waals surface area contributed by atoms with Gasteiger partial charge in [-0.1, -0.05) is 30.7 Å². The average Bonchev–Trinajstić information content (AvgIpc) is 3.16. The third-order valence-electron chi connectivity index (χ3n) is 7.79. The van der Waals surface area contributed by atoms with Gasteiger partial charge >= 0.3 is 0 Å². The summed E-state index contributed by atoms with van der Waals surface area (Å²) in [5.41, 5.74) is 11.2. The topological polar surface area (TPSA) is 115 Å². The first kappa shape index (κ1) is 24.8. The zero-order chi connectivity index (χ0) is 27.1. The molecule has 0 spiro atoms. The molecule has 6 rings (SSSR count). The monoisotopic (exact) mass is 524 g/mol. The first-order chi connectivity index (χ1) is 18.9. The van der Waals surface area contributed by atoms with Gasteiger partial charge in [0.2, 0.25) is 0 Å². The number of halogens is 1. The molecule has 2 aromatic carbocycles. The molecule has 4 aromatic rings. The number of nitrogens with two attached hydrogens (primary N) is 1. The molecular formula is C30H29FN6O2. The van der Waals surface area contributed by atoms with Crippen molar-refractivity contribution in [2.45, 2.75) is 32.1 Å². The molecule has 0 saturated heterocycles. The van der Waals surface area contributed by atoms with Gasteiger partial charge in [0, 0.05) is 30.4 Å². The number of nitrogens with one attached hydrogen (secondary N) is 2. The molecule has 2 heterocycles. The van der Waals surface area contributed by atoms with E-state index in [9.17, 15) is 9.59 Å². The third kappa shape index (κ3) is 4.54.